The average molecular weight is 378 g/mol. The zero-order valence-corrected chi connectivity index (χ0v) is 13.2. The lowest BCUT2D eigenvalue weighted by Gasteiger charge is -2.03. The van der Waals surface area contributed by atoms with E-state index in [2.05, 4.69) is 10.1 Å². The minimum absolute atomic E-state index is 0.0518. The fourth-order valence-electron chi connectivity index (χ4n) is 1.42. The summed E-state index contributed by atoms with van der Waals surface area (Å²) in [5.41, 5.74) is 1.63. The first-order chi connectivity index (χ1) is 11.6. The number of aliphatic carboxylic acids is 2. The molecule has 1 N–H and O–H groups in total. The fraction of sp³-hybridized carbons (Fsp3) is 0.214. The number of carbonyl (C=O) groups excluding carboxylic acids is 1. The highest BCUT2D eigenvalue weighted by atomic mass is 35.5. The summed E-state index contributed by atoms with van der Waals surface area (Å²) in [4.78, 5) is 23.4. The summed E-state index contributed by atoms with van der Waals surface area (Å²) >= 11 is 5.76. The van der Waals surface area contributed by atoms with Gasteiger partial charge in [-0.25, -0.2) is 0 Å². The molecule has 0 fully saturated rings. The van der Waals surface area contributed by atoms with E-state index in [0.717, 1.165) is 11.3 Å². The van der Waals surface area contributed by atoms with E-state index in [1.165, 1.54) is 0 Å². The number of carboxylic acid groups (broad SMARTS) is 2. The monoisotopic (exact) mass is 377 g/mol. The van der Waals surface area contributed by atoms with Gasteiger partial charge in [0.2, 0.25) is 0 Å². The quantitative estimate of drug-likeness (QED) is 0.792. The second-order valence-electron chi connectivity index (χ2n) is 4.47. The first kappa shape index (κ1) is 20.3. The molecule has 0 aliphatic heterocycles. The van der Waals surface area contributed by atoms with E-state index < -0.39 is 18.1 Å². The second-order valence-corrected chi connectivity index (χ2v) is 4.91. The van der Waals surface area contributed by atoms with Crippen LogP contribution in [-0.4, -0.2) is 33.3 Å². The van der Waals surface area contributed by atoms with Crippen LogP contribution in [-0.2, 0) is 16.1 Å². The lowest BCUT2D eigenvalue weighted by Crippen LogP contribution is -2.38. The fourth-order valence-corrected chi connectivity index (χ4v) is 1.54. The molecule has 2 aromatic rings. The van der Waals surface area contributed by atoms with Crippen molar-refractivity contribution in [3.63, 3.8) is 0 Å². The van der Waals surface area contributed by atoms with Crippen molar-refractivity contribution in [1.82, 2.24) is 10.1 Å². The molecule has 0 aliphatic rings. The molecule has 2 heterocycles. The van der Waals surface area contributed by atoms with Crippen LogP contribution >= 0.6 is 11.6 Å². The summed E-state index contributed by atoms with van der Waals surface area (Å²) < 4.78 is 33.1. The minimum Gasteiger partial charge on any atom is -0.542 e. The topological polar surface area (TPSA) is 107 Å². The number of aryl methyl sites for hydroxylation is 1. The Bertz CT molecular complexity index is 722. The zero-order valence-electron chi connectivity index (χ0n) is 12.4. The number of pyridine rings is 1. The van der Waals surface area contributed by atoms with Gasteiger partial charge in [-0.15, -0.1) is 0 Å². The van der Waals surface area contributed by atoms with Crippen molar-refractivity contribution < 1.29 is 37.7 Å². The molecule has 0 bridgehead atoms. The summed E-state index contributed by atoms with van der Waals surface area (Å²) in [6, 6.07) is 5.40. The molecule has 0 saturated carbocycles. The second kappa shape index (κ2) is 8.92. The van der Waals surface area contributed by atoms with Gasteiger partial charge in [-0.3, -0.25) is 9.78 Å². The van der Waals surface area contributed by atoms with Gasteiger partial charge in [0.05, 0.1) is 10.7 Å². The molecular formula is C14H11ClF3N3O4. The van der Waals surface area contributed by atoms with Crippen LogP contribution < -0.4 is 9.79 Å². The first-order valence-electron chi connectivity index (χ1n) is 6.57. The van der Waals surface area contributed by atoms with Crippen molar-refractivity contribution in [3.05, 3.63) is 41.8 Å². The number of nitrogens with zero attached hydrogens (tertiary/aromatic N) is 3. The van der Waals surface area contributed by atoms with Crippen LogP contribution in [0.1, 0.15) is 6.42 Å². The van der Waals surface area contributed by atoms with Crippen LogP contribution in [0.25, 0.3) is 11.3 Å². The van der Waals surface area contributed by atoms with E-state index in [1.807, 2.05) is 6.07 Å². The van der Waals surface area contributed by atoms with Crippen molar-refractivity contribution in [2.75, 3.05) is 0 Å². The maximum atomic E-state index is 10.5. The highest BCUT2D eigenvalue weighted by Gasteiger charge is 2.28. The lowest BCUT2D eigenvalue weighted by molar-refractivity contribution is -0.752. The molecule has 0 unspecified atom stereocenters. The number of alkyl halides is 3. The molecule has 0 aliphatic carbocycles. The Kier molecular flexibility index (Phi) is 7.24. The van der Waals surface area contributed by atoms with Crippen LogP contribution in [0.3, 0.4) is 0 Å². The van der Waals surface area contributed by atoms with Crippen LogP contribution in [0.15, 0.2) is 36.8 Å². The molecule has 2 rings (SSSR count). The van der Waals surface area contributed by atoms with E-state index in [9.17, 15) is 18.0 Å². The molecule has 0 spiro atoms. The molecule has 0 amide bonds. The van der Waals surface area contributed by atoms with Crippen molar-refractivity contribution in [2.45, 2.75) is 19.1 Å². The van der Waals surface area contributed by atoms with Gasteiger partial charge in [0.25, 0.3) is 0 Å². The van der Waals surface area contributed by atoms with Gasteiger partial charge in [0.15, 0.2) is 12.7 Å². The Labute approximate surface area is 144 Å². The van der Waals surface area contributed by atoms with Crippen molar-refractivity contribution in [3.8, 4) is 11.3 Å². The average Bonchev–Trinajstić information content (AvgIpc) is 2.54. The molecule has 25 heavy (non-hydrogen) atoms. The highest BCUT2D eigenvalue weighted by Crippen LogP contribution is 2.16. The van der Waals surface area contributed by atoms with Crippen molar-refractivity contribution >= 4 is 23.5 Å². The lowest BCUT2D eigenvalue weighted by atomic mass is 10.2. The van der Waals surface area contributed by atoms with Crippen molar-refractivity contribution in [2.24, 2.45) is 0 Å². The van der Waals surface area contributed by atoms with Gasteiger partial charge in [-0.05, 0) is 17.2 Å². The summed E-state index contributed by atoms with van der Waals surface area (Å²) in [5, 5.41) is 22.1. The normalized spacial score (nSPS) is 10.6. The summed E-state index contributed by atoms with van der Waals surface area (Å²) in [6.45, 7) is 0.351. The molecule has 7 nitrogen and oxygen atoms in total. The van der Waals surface area contributed by atoms with Gasteiger partial charge in [0, 0.05) is 17.8 Å². The molecule has 2 aromatic heterocycles. The predicted octanol–water partition coefficient (Wildman–Crippen LogP) is 0.858. The Balaban J connectivity index is 0.000000381. The van der Waals surface area contributed by atoms with E-state index >= 15 is 0 Å². The molecule has 0 radical (unpaired) electrons. The van der Waals surface area contributed by atoms with E-state index in [-0.39, 0.29) is 6.42 Å². The van der Waals surface area contributed by atoms with Crippen LogP contribution in [0.2, 0.25) is 5.02 Å². The van der Waals surface area contributed by atoms with Crippen LogP contribution in [0, 0.1) is 0 Å². The summed E-state index contributed by atoms with van der Waals surface area (Å²) in [5.74, 6) is -3.85. The number of carboxylic acids is 2. The Morgan fingerprint density at radius 1 is 1.24 bits per heavy atom. The van der Waals surface area contributed by atoms with Gasteiger partial charge < -0.3 is 15.0 Å². The number of rotatable bonds is 4. The zero-order chi connectivity index (χ0) is 19.0. The maximum absolute atomic E-state index is 10.5. The van der Waals surface area contributed by atoms with Gasteiger partial charge >= 0.3 is 12.1 Å². The smallest absolute Gasteiger partial charge is 0.430 e. The maximum Gasteiger partial charge on any atom is 0.430 e. The van der Waals surface area contributed by atoms with E-state index in [4.69, 9.17) is 26.6 Å². The summed E-state index contributed by atoms with van der Waals surface area (Å²) in [7, 11) is 0. The molecule has 134 valence electrons. The number of halogens is 4. The predicted molar refractivity (Wildman–Crippen MR) is 76.0 cm³/mol. The first-order valence-corrected chi connectivity index (χ1v) is 6.95. The summed E-state index contributed by atoms with van der Waals surface area (Å²) in [6.07, 6.45) is -0.189. The molecule has 0 atom stereocenters. The van der Waals surface area contributed by atoms with Gasteiger partial charge in [-0.1, -0.05) is 16.3 Å². The van der Waals surface area contributed by atoms with Crippen molar-refractivity contribution in [1.29, 1.82) is 0 Å². The van der Waals surface area contributed by atoms with Gasteiger partial charge in [-0.2, -0.15) is 13.2 Å². The molecule has 0 aromatic carbocycles. The Morgan fingerprint density at radius 2 is 1.88 bits per heavy atom. The highest BCUT2D eigenvalue weighted by molar-refractivity contribution is 6.30. The molecule has 11 heteroatoms. The Hall–Kier alpha value is -2.75. The third-order valence-electron chi connectivity index (χ3n) is 2.58. The third-order valence-corrected chi connectivity index (χ3v) is 2.80. The minimum atomic E-state index is -5.19. The molecule has 0 saturated heterocycles. The van der Waals surface area contributed by atoms with Gasteiger partial charge in [0.1, 0.15) is 18.6 Å². The largest absolute Gasteiger partial charge is 0.542 e. The number of hydrogen-bond donors (Lipinski definition) is 1. The standard InChI is InChI=1S/C12H10ClN3O2.C2HF3O2/c13-10-1-2-11(14-8-10)9-3-5-16(15-7-9)6-4-12(17)18;3-2(4,5)1(6)7/h1-3,5,7-8H,4,6H2;(H,6,7). The van der Waals surface area contributed by atoms with Crippen LogP contribution in [0.4, 0.5) is 13.2 Å². The number of hydrogen-bond acceptors (Lipinski definition) is 5. The third kappa shape index (κ3) is 7.57. The van der Waals surface area contributed by atoms with E-state index in [0.29, 0.717) is 11.6 Å². The SMILES string of the molecule is O=C(O)CC[n+]1ccc(-c2ccc(Cl)cn2)cn1.O=C([O-])C(F)(F)F. The van der Waals surface area contributed by atoms with Crippen LogP contribution in [0.5, 0.6) is 0 Å². The molecular weight excluding hydrogens is 367 g/mol. The number of aromatic nitrogens is 3. The van der Waals surface area contributed by atoms with E-state index in [1.54, 1.807) is 35.4 Å². The number of carbonyl (C=O) groups is 2. The Morgan fingerprint density at radius 3 is 2.28 bits per heavy atom.